The number of phenols is 1. The smallest absolute Gasteiger partial charge is 0.253 e. The summed E-state index contributed by atoms with van der Waals surface area (Å²) in [5.74, 6) is 1.85. The summed E-state index contributed by atoms with van der Waals surface area (Å²) in [6, 6.07) is 11.5. The van der Waals surface area contributed by atoms with Crippen molar-refractivity contribution in [2.75, 3.05) is 33.0 Å². The standard InChI is InChI=1S/C28H33N5O3S/c1-17-12-21(26(36-2)16-29-15-17)18-5-7-25(34)22(13-18)27-30-23-6-4-19(14-24(23)31-27)28(35)33-10-8-20(9-11-33)32-37-3/h4-7,13-15,17,20,32,34H,8-12,16H2,1-3H3,(H,30,31). The zero-order chi connectivity index (χ0) is 25.9. The summed E-state index contributed by atoms with van der Waals surface area (Å²) in [6.07, 6.45) is 6.69. The number of ether oxygens (including phenoxy) is 1. The lowest BCUT2D eigenvalue weighted by Crippen LogP contribution is -2.43. The van der Waals surface area contributed by atoms with Crippen LogP contribution in [0.15, 0.2) is 47.1 Å². The van der Waals surface area contributed by atoms with Crippen molar-refractivity contribution in [3.63, 3.8) is 0 Å². The number of nitrogens with one attached hydrogen (secondary N) is 2. The van der Waals surface area contributed by atoms with E-state index < -0.39 is 0 Å². The monoisotopic (exact) mass is 519 g/mol. The predicted molar refractivity (Wildman–Crippen MR) is 150 cm³/mol. The lowest BCUT2D eigenvalue weighted by molar-refractivity contribution is 0.0712. The second kappa shape index (κ2) is 11.0. The molecule has 1 unspecified atom stereocenters. The number of carbonyl (C=O) groups is 1. The van der Waals surface area contributed by atoms with E-state index in [9.17, 15) is 9.90 Å². The molecule has 1 amide bonds. The molecule has 2 aliphatic heterocycles. The Labute approximate surface area is 221 Å². The van der Waals surface area contributed by atoms with Crippen molar-refractivity contribution in [3.8, 4) is 17.1 Å². The van der Waals surface area contributed by atoms with Gasteiger partial charge in [-0.25, -0.2) is 4.98 Å². The van der Waals surface area contributed by atoms with Crippen LogP contribution in [0.3, 0.4) is 0 Å². The highest BCUT2D eigenvalue weighted by atomic mass is 32.2. The SMILES string of the molecule is COC1=C(c2ccc(O)c(-c3nc4ccc(C(=O)N5CCC(NSC)CC5)cc4[nH]3)c2)CC(C)C=NC1. The van der Waals surface area contributed by atoms with Crippen LogP contribution in [0.1, 0.15) is 42.1 Å². The summed E-state index contributed by atoms with van der Waals surface area (Å²) in [5.41, 5.74) is 4.79. The van der Waals surface area contributed by atoms with E-state index in [4.69, 9.17) is 9.72 Å². The number of amides is 1. The first kappa shape index (κ1) is 25.4. The van der Waals surface area contributed by atoms with Crippen LogP contribution in [-0.4, -0.2) is 71.1 Å². The Kier molecular flexibility index (Phi) is 7.53. The van der Waals surface area contributed by atoms with E-state index >= 15 is 0 Å². The number of aromatic nitrogens is 2. The van der Waals surface area contributed by atoms with Gasteiger partial charge in [0.1, 0.15) is 17.3 Å². The zero-order valence-corrected chi connectivity index (χ0v) is 22.3. The molecule has 3 heterocycles. The second-order valence-corrected chi connectivity index (χ2v) is 10.4. The van der Waals surface area contributed by atoms with E-state index in [1.807, 2.05) is 47.7 Å². The van der Waals surface area contributed by atoms with Crippen LogP contribution in [0.5, 0.6) is 5.75 Å². The third-order valence-electron chi connectivity index (χ3n) is 7.10. The number of aliphatic imine (C=N–C) groups is 1. The van der Waals surface area contributed by atoms with Gasteiger partial charge in [0.25, 0.3) is 5.91 Å². The number of fused-ring (bicyclic) bond motifs is 1. The number of aromatic hydroxyl groups is 1. The van der Waals surface area contributed by atoms with Gasteiger partial charge < -0.3 is 19.7 Å². The number of aromatic amines is 1. The molecule has 0 bridgehead atoms. The van der Waals surface area contributed by atoms with Crippen LogP contribution >= 0.6 is 11.9 Å². The second-order valence-electron chi connectivity index (χ2n) is 9.71. The van der Waals surface area contributed by atoms with Gasteiger partial charge in [0.2, 0.25) is 0 Å². The fourth-order valence-electron chi connectivity index (χ4n) is 5.10. The number of rotatable bonds is 6. The highest BCUT2D eigenvalue weighted by Crippen LogP contribution is 2.35. The quantitative estimate of drug-likeness (QED) is 0.401. The first-order chi connectivity index (χ1) is 18.0. The molecule has 3 N–H and O–H groups in total. The maximum Gasteiger partial charge on any atom is 0.253 e. The molecule has 194 valence electrons. The number of carbonyl (C=O) groups excluding carboxylic acids is 1. The van der Waals surface area contributed by atoms with E-state index in [0.29, 0.717) is 29.5 Å². The minimum atomic E-state index is 0.0363. The lowest BCUT2D eigenvalue weighted by atomic mass is 9.94. The number of nitrogens with zero attached hydrogens (tertiary/aromatic N) is 3. The van der Waals surface area contributed by atoms with Crippen molar-refractivity contribution in [3.05, 3.63) is 53.3 Å². The molecule has 1 fully saturated rings. The number of likely N-dealkylation sites (tertiary alicyclic amines) is 1. The molecule has 1 atom stereocenters. The third-order valence-corrected chi connectivity index (χ3v) is 7.67. The largest absolute Gasteiger partial charge is 0.507 e. The molecule has 5 rings (SSSR count). The fourth-order valence-corrected chi connectivity index (χ4v) is 5.67. The Balaban J connectivity index is 1.42. The minimum absolute atomic E-state index is 0.0363. The number of hydrogen-bond acceptors (Lipinski definition) is 7. The van der Waals surface area contributed by atoms with Gasteiger partial charge in [0.05, 0.1) is 30.3 Å². The molecule has 1 aromatic heterocycles. The molecule has 0 saturated carbocycles. The number of H-pyrrole nitrogens is 1. The molecule has 0 radical (unpaired) electrons. The number of phenolic OH excluding ortho intramolecular Hbond substituents is 1. The van der Waals surface area contributed by atoms with Gasteiger partial charge in [-0.2, -0.15) is 0 Å². The Hall–Kier alpha value is -3.30. The summed E-state index contributed by atoms with van der Waals surface area (Å²) in [4.78, 5) is 27.6. The molecule has 0 spiro atoms. The van der Waals surface area contributed by atoms with Crippen molar-refractivity contribution in [2.24, 2.45) is 10.9 Å². The molecule has 2 aliphatic rings. The van der Waals surface area contributed by atoms with Crippen molar-refractivity contribution in [1.82, 2.24) is 19.6 Å². The van der Waals surface area contributed by atoms with Crippen molar-refractivity contribution in [2.45, 2.75) is 32.2 Å². The van der Waals surface area contributed by atoms with Crippen LogP contribution in [0.4, 0.5) is 0 Å². The number of piperidine rings is 1. The van der Waals surface area contributed by atoms with E-state index in [2.05, 4.69) is 21.6 Å². The third kappa shape index (κ3) is 5.38. The Morgan fingerprint density at radius 2 is 2.03 bits per heavy atom. The van der Waals surface area contributed by atoms with Gasteiger partial charge >= 0.3 is 0 Å². The van der Waals surface area contributed by atoms with E-state index in [1.165, 1.54) is 0 Å². The molecular formula is C28H33N5O3S. The number of allylic oxidation sites excluding steroid dienone is 1. The molecule has 3 aromatic rings. The Morgan fingerprint density at radius 1 is 1.22 bits per heavy atom. The molecule has 9 heteroatoms. The van der Waals surface area contributed by atoms with E-state index in [1.54, 1.807) is 25.1 Å². The van der Waals surface area contributed by atoms with Gasteiger partial charge in [-0.3, -0.25) is 14.5 Å². The lowest BCUT2D eigenvalue weighted by Gasteiger charge is -2.32. The summed E-state index contributed by atoms with van der Waals surface area (Å²) >= 11 is 1.63. The molecule has 37 heavy (non-hydrogen) atoms. The van der Waals surface area contributed by atoms with Crippen LogP contribution < -0.4 is 4.72 Å². The summed E-state index contributed by atoms with van der Waals surface area (Å²) in [6.45, 7) is 4.12. The minimum Gasteiger partial charge on any atom is -0.507 e. The normalized spacial score (nSPS) is 18.9. The molecule has 8 nitrogen and oxygen atoms in total. The van der Waals surface area contributed by atoms with E-state index in [0.717, 1.165) is 60.3 Å². The fraction of sp³-hybridized carbons (Fsp3) is 0.393. The van der Waals surface area contributed by atoms with Gasteiger partial charge in [0.15, 0.2) is 0 Å². The van der Waals surface area contributed by atoms with Crippen LogP contribution in [0, 0.1) is 5.92 Å². The highest BCUT2D eigenvalue weighted by molar-refractivity contribution is 7.96. The topological polar surface area (TPSA) is 103 Å². The highest BCUT2D eigenvalue weighted by Gasteiger charge is 2.24. The van der Waals surface area contributed by atoms with Gasteiger partial charge in [-0.1, -0.05) is 24.9 Å². The maximum atomic E-state index is 13.2. The van der Waals surface area contributed by atoms with Gasteiger partial charge in [-0.15, -0.1) is 0 Å². The molecular weight excluding hydrogens is 486 g/mol. The molecule has 0 aliphatic carbocycles. The van der Waals surface area contributed by atoms with Gasteiger partial charge in [0, 0.05) is 30.9 Å². The van der Waals surface area contributed by atoms with Crippen LogP contribution in [0.25, 0.3) is 28.0 Å². The maximum absolute atomic E-state index is 13.2. The number of hydrogen-bond donors (Lipinski definition) is 3. The van der Waals surface area contributed by atoms with Crippen molar-refractivity contribution >= 4 is 40.7 Å². The van der Waals surface area contributed by atoms with E-state index in [-0.39, 0.29) is 17.6 Å². The Morgan fingerprint density at radius 3 is 2.78 bits per heavy atom. The zero-order valence-electron chi connectivity index (χ0n) is 21.5. The van der Waals surface area contributed by atoms with Crippen molar-refractivity contribution in [1.29, 1.82) is 0 Å². The van der Waals surface area contributed by atoms with Crippen LogP contribution in [0.2, 0.25) is 0 Å². The number of imidazole rings is 1. The number of methoxy groups -OCH3 is 1. The first-order valence-electron chi connectivity index (χ1n) is 12.6. The summed E-state index contributed by atoms with van der Waals surface area (Å²) in [5, 5.41) is 10.7. The molecule has 1 saturated heterocycles. The summed E-state index contributed by atoms with van der Waals surface area (Å²) in [7, 11) is 1.67. The molecule has 2 aromatic carbocycles. The first-order valence-corrected chi connectivity index (χ1v) is 13.9. The average molecular weight is 520 g/mol. The van der Waals surface area contributed by atoms with Crippen molar-refractivity contribution < 1.29 is 14.6 Å². The van der Waals surface area contributed by atoms with Gasteiger partial charge in [-0.05, 0) is 72.9 Å². The Bertz CT molecular complexity index is 1360. The summed E-state index contributed by atoms with van der Waals surface area (Å²) < 4.78 is 9.05. The number of benzene rings is 2. The van der Waals surface area contributed by atoms with Crippen LogP contribution in [-0.2, 0) is 4.74 Å². The average Bonchev–Trinajstić information content (AvgIpc) is 3.24. The predicted octanol–water partition coefficient (Wildman–Crippen LogP) is 4.88.